The van der Waals surface area contributed by atoms with Crippen molar-refractivity contribution in [2.75, 3.05) is 0 Å². The molecule has 2 rings (SSSR count). The number of carbonyl (C=O) groups is 2. The minimum absolute atomic E-state index is 0.0305. The molecule has 0 aliphatic heterocycles. The van der Waals surface area contributed by atoms with Gasteiger partial charge in [-0.1, -0.05) is 6.92 Å². The van der Waals surface area contributed by atoms with Crippen LogP contribution in [0.15, 0.2) is 23.7 Å². The second-order valence-electron chi connectivity index (χ2n) is 3.56. The highest BCUT2D eigenvalue weighted by Gasteiger charge is 2.17. The van der Waals surface area contributed by atoms with Gasteiger partial charge < -0.3 is 10.1 Å². The Hall–Kier alpha value is -1.88. The average Bonchev–Trinajstić information content (AvgIpc) is 2.96. The number of aromatic carboxylic acids is 1. The van der Waals surface area contributed by atoms with E-state index in [2.05, 4.69) is 4.98 Å². The summed E-state index contributed by atoms with van der Waals surface area (Å²) in [5, 5.41) is 10.6. The summed E-state index contributed by atoms with van der Waals surface area (Å²) in [4.78, 5) is 26.1. The molecule has 0 amide bonds. The molecule has 0 aromatic carbocycles. The van der Waals surface area contributed by atoms with Crippen LogP contribution in [0.4, 0.5) is 0 Å². The number of carboxylic acids is 1. The van der Waals surface area contributed by atoms with Gasteiger partial charge >= 0.3 is 5.97 Å². The number of hydrogen-bond acceptors (Lipinski definition) is 3. The molecule has 17 heavy (non-hydrogen) atoms. The fraction of sp³-hybridized carbons (Fsp3) is 0.167. The topological polar surface area (TPSA) is 70.2 Å². The van der Waals surface area contributed by atoms with Crippen molar-refractivity contribution in [2.24, 2.45) is 0 Å². The largest absolute Gasteiger partial charge is 0.477 e. The van der Waals surface area contributed by atoms with E-state index in [0.29, 0.717) is 10.4 Å². The number of aromatic amines is 1. The van der Waals surface area contributed by atoms with Crippen molar-refractivity contribution in [3.8, 4) is 0 Å². The Morgan fingerprint density at radius 2 is 2.24 bits per heavy atom. The quantitative estimate of drug-likeness (QED) is 0.818. The average molecular weight is 249 g/mol. The Morgan fingerprint density at radius 1 is 1.47 bits per heavy atom. The molecule has 0 radical (unpaired) electrons. The summed E-state index contributed by atoms with van der Waals surface area (Å²) in [6.07, 6.45) is 2.23. The SMILES string of the molecule is CCc1ccsc1C(=O)c1c[nH]c(C(=O)O)c1. The molecule has 4 nitrogen and oxygen atoms in total. The van der Waals surface area contributed by atoms with Crippen LogP contribution in [0, 0.1) is 0 Å². The number of rotatable bonds is 4. The summed E-state index contributed by atoms with van der Waals surface area (Å²) < 4.78 is 0. The summed E-state index contributed by atoms with van der Waals surface area (Å²) in [6.45, 7) is 1.98. The Bertz CT molecular complexity index is 568. The molecule has 0 bridgehead atoms. The van der Waals surface area contributed by atoms with E-state index in [0.717, 1.165) is 12.0 Å². The van der Waals surface area contributed by atoms with Gasteiger partial charge in [0.05, 0.1) is 4.88 Å². The van der Waals surface area contributed by atoms with Crippen molar-refractivity contribution in [3.05, 3.63) is 45.4 Å². The summed E-state index contributed by atoms with van der Waals surface area (Å²) >= 11 is 1.38. The third-order valence-electron chi connectivity index (χ3n) is 2.51. The standard InChI is InChI=1S/C12H11NO3S/c1-2-7-3-4-17-11(7)10(14)8-5-9(12(15)16)13-6-8/h3-6,13H,2H2,1H3,(H,15,16). The van der Waals surface area contributed by atoms with Gasteiger partial charge in [-0.2, -0.15) is 0 Å². The van der Waals surface area contributed by atoms with Crippen LogP contribution < -0.4 is 0 Å². The van der Waals surface area contributed by atoms with E-state index in [1.54, 1.807) is 0 Å². The van der Waals surface area contributed by atoms with Crippen molar-refractivity contribution >= 4 is 23.1 Å². The lowest BCUT2D eigenvalue weighted by molar-refractivity contribution is 0.0691. The number of H-pyrrole nitrogens is 1. The second-order valence-corrected chi connectivity index (χ2v) is 4.48. The molecule has 2 aromatic rings. The number of ketones is 1. The first-order valence-corrected chi connectivity index (χ1v) is 6.04. The Balaban J connectivity index is 2.34. The van der Waals surface area contributed by atoms with Crippen LogP contribution >= 0.6 is 11.3 Å². The highest BCUT2D eigenvalue weighted by molar-refractivity contribution is 7.12. The molecule has 0 saturated heterocycles. The number of carboxylic acid groups (broad SMARTS) is 1. The highest BCUT2D eigenvalue weighted by Crippen LogP contribution is 2.21. The van der Waals surface area contributed by atoms with Gasteiger partial charge in [-0.3, -0.25) is 4.79 Å². The minimum Gasteiger partial charge on any atom is -0.477 e. The van der Waals surface area contributed by atoms with Crippen LogP contribution in [0.3, 0.4) is 0 Å². The molecule has 0 saturated carbocycles. The number of thiophene rings is 1. The Kier molecular flexibility index (Phi) is 3.10. The van der Waals surface area contributed by atoms with Crippen molar-refractivity contribution in [1.82, 2.24) is 4.98 Å². The molecular weight excluding hydrogens is 238 g/mol. The zero-order valence-corrected chi connectivity index (χ0v) is 10.0. The molecule has 0 aliphatic carbocycles. The lowest BCUT2D eigenvalue weighted by atomic mass is 10.1. The molecule has 0 aliphatic rings. The van der Waals surface area contributed by atoms with Crippen molar-refractivity contribution in [2.45, 2.75) is 13.3 Å². The minimum atomic E-state index is -1.06. The fourth-order valence-electron chi connectivity index (χ4n) is 1.59. The molecule has 0 fully saturated rings. The van der Waals surface area contributed by atoms with Crippen molar-refractivity contribution in [3.63, 3.8) is 0 Å². The maximum Gasteiger partial charge on any atom is 0.352 e. The van der Waals surface area contributed by atoms with Gasteiger partial charge in [-0.15, -0.1) is 11.3 Å². The second kappa shape index (κ2) is 4.55. The Morgan fingerprint density at radius 3 is 2.82 bits per heavy atom. The maximum atomic E-state index is 12.1. The molecule has 2 aromatic heterocycles. The van der Waals surface area contributed by atoms with Crippen molar-refractivity contribution in [1.29, 1.82) is 0 Å². The third-order valence-corrected chi connectivity index (χ3v) is 3.46. The van der Waals surface area contributed by atoms with Gasteiger partial charge in [-0.05, 0) is 29.5 Å². The fourth-order valence-corrected chi connectivity index (χ4v) is 2.55. The van der Waals surface area contributed by atoms with E-state index in [4.69, 9.17) is 5.11 Å². The van der Waals surface area contributed by atoms with Gasteiger partial charge in [0.2, 0.25) is 5.78 Å². The van der Waals surface area contributed by atoms with E-state index in [9.17, 15) is 9.59 Å². The molecule has 88 valence electrons. The van der Waals surface area contributed by atoms with Crippen LogP contribution in [0.1, 0.15) is 38.2 Å². The van der Waals surface area contributed by atoms with Crippen LogP contribution in [-0.2, 0) is 6.42 Å². The van der Waals surface area contributed by atoms with Gasteiger partial charge in [0.1, 0.15) is 5.69 Å². The molecular formula is C12H11NO3S. The number of hydrogen-bond donors (Lipinski definition) is 2. The van der Waals surface area contributed by atoms with E-state index < -0.39 is 5.97 Å². The van der Waals surface area contributed by atoms with E-state index in [-0.39, 0.29) is 11.5 Å². The number of carbonyl (C=O) groups excluding carboxylic acids is 1. The summed E-state index contributed by atoms with van der Waals surface area (Å²) in [6, 6.07) is 3.28. The number of aryl methyl sites for hydroxylation is 1. The molecule has 2 N–H and O–H groups in total. The molecule has 5 heteroatoms. The zero-order chi connectivity index (χ0) is 12.4. The normalized spacial score (nSPS) is 10.4. The van der Waals surface area contributed by atoms with Crippen LogP contribution in [0.2, 0.25) is 0 Å². The number of nitrogens with one attached hydrogen (secondary N) is 1. The molecule has 0 spiro atoms. The molecule has 0 unspecified atom stereocenters. The summed E-state index contributed by atoms with van der Waals surface area (Å²) in [7, 11) is 0. The van der Waals surface area contributed by atoms with E-state index in [1.165, 1.54) is 23.6 Å². The number of aromatic nitrogens is 1. The molecule has 2 heterocycles. The summed E-state index contributed by atoms with van der Waals surface area (Å²) in [5.74, 6) is -1.19. The lowest BCUT2D eigenvalue weighted by Crippen LogP contribution is -2.00. The van der Waals surface area contributed by atoms with Gasteiger partial charge in [0.25, 0.3) is 0 Å². The predicted octanol–water partition coefficient (Wildman–Crippen LogP) is 2.57. The van der Waals surface area contributed by atoms with Gasteiger partial charge in [0.15, 0.2) is 0 Å². The first-order chi connectivity index (χ1) is 8.13. The van der Waals surface area contributed by atoms with Crippen molar-refractivity contribution < 1.29 is 14.7 Å². The zero-order valence-electron chi connectivity index (χ0n) is 9.19. The predicted molar refractivity (Wildman–Crippen MR) is 64.9 cm³/mol. The van der Waals surface area contributed by atoms with Crippen LogP contribution in [0.25, 0.3) is 0 Å². The van der Waals surface area contributed by atoms with Crippen LogP contribution in [0.5, 0.6) is 0 Å². The highest BCUT2D eigenvalue weighted by atomic mass is 32.1. The maximum absolute atomic E-state index is 12.1. The third kappa shape index (κ3) is 2.14. The smallest absolute Gasteiger partial charge is 0.352 e. The van der Waals surface area contributed by atoms with Crippen LogP contribution in [-0.4, -0.2) is 21.8 Å². The Labute approximate surface area is 102 Å². The first kappa shape index (κ1) is 11.6. The van der Waals surface area contributed by atoms with Gasteiger partial charge in [0, 0.05) is 11.8 Å². The monoisotopic (exact) mass is 249 g/mol. The first-order valence-electron chi connectivity index (χ1n) is 5.16. The molecule has 0 atom stereocenters. The van der Waals surface area contributed by atoms with Gasteiger partial charge in [-0.25, -0.2) is 4.79 Å². The summed E-state index contributed by atoms with van der Waals surface area (Å²) in [5.41, 5.74) is 1.42. The van der Waals surface area contributed by atoms with E-state index in [1.807, 2.05) is 18.4 Å². The lowest BCUT2D eigenvalue weighted by Gasteiger charge is -1.97. The van der Waals surface area contributed by atoms with E-state index >= 15 is 0 Å².